The number of aryl methyl sites for hydroxylation is 1. The number of tetrazole rings is 1. The van der Waals surface area contributed by atoms with Crippen LogP contribution in [0.3, 0.4) is 0 Å². The molecular formula is C11H16N6OS3. The SMILES string of the molecule is CCSc1nc(CC(=O)NCCSc2nnnn2C)cs1. The van der Waals surface area contributed by atoms with Gasteiger partial charge in [-0.15, -0.1) is 16.4 Å². The van der Waals surface area contributed by atoms with Crippen LogP contribution in [-0.2, 0) is 18.3 Å². The predicted octanol–water partition coefficient (Wildman–Crippen LogP) is 1.23. The summed E-state index contributed by atoms with van der Waals surface area (Å²) in [5.74, 6) is 1.71. The van der Waals surface area contributed by atoms with Crippen LogP contribution in [0.4, 0.5) is 0 Å². The Morgan fingerprint density at radius 1 is 1.48 bits per heavy atom. The van der Waals surface area contributed by atoms with E-state index in [-0.39, 0.29) is 5.91 Å². The first kappa shape index (κ1) is 16.2. The lowest BCUT2D eigenvalue weighted by atomic mass is 10.3. The molecule has 2 rings (SSSR count). The molecule has 114 valence electrons. The molecule has 0 bridgehead atoms. The molecule has 0 aromatic carbocycles. The second-order valence-electron chi connectivity index (χ2n) is 4.00. The average molecular weight is 344 g/mol. The lowest BCUT2D eigenvalue weighted by Gasteiger charge is -2.03. The minimum Gasteiger partial charge on any atom is -0.355 e. The summed E-state index contributed by atoms with van der Waals surface area (Å²) in [4.78, 5) is 16.2. The largest absolute Gasteiger partial charge is 0.355 e. The molecule has 0 saturated carbocycles. The third-order valence-corrected chi connectivity index (χ3v) is 5.34. The van der Waals surface area contributed by atoms with Gasteiger partial charge in [0.15, 0.2) is 0 Å². The highest BCUT2D eigenvalue weighted by Crippen LogP contribution is 2.22. The van der Waals surface area contributed by atoms with E-state index < -0.39 is 0 Å². The number of hydrogen-bond acceptors (Lipinski definition) is 8. The van der Waals surface area contributed by atoms with Crippen molar-refractivity contribution in [3.05, 3.63) is 11.1 Å². The van der Waals surface area contributed by atoms with Crippen molar-refractivity contribution in [1.82, 2.24) is 30.5 Å². The predicted molar refractivity (Wildman–Crippen MR) is 84.7 cm³/mol. The van der Waals surface area contributed by atoms with Gasteiger partial charge in [0.1, 0.15) is 4.34 Å². The van der Waals surface area contributed by atoms with Crippen molar-refractivity contribution in [1.29, 1.82) is 0 Å². The normalized spacial score (nSPS) is 10.8. The van der Waals surface area contributed by atoms with Crippen molar-refractivity contribution in [2.45, 2.75) is 22.8 Å². The quantitative estimate of drug-likeness (QED) is 0.569. The molecule has 0 aliphatic carbocycles. The molecule has 2 aromatic rings. The maximum absolute atomic E-state index is 11.8. The maximum Gasteiger partial charge on any atom is 0.226 e. The van der Waals surface area contributed by atoms with Gasteiger partial charge in [-0.2, -0.15) is 0 Å². The molecule has 2 aromatic heterocycles. The van der Waals surface area contributed by atoms with Crippen molar-refractivity contribution in [2.75, 3.05) is 18.1 Å². The Kier molecular flexibility index (Phi) is 6.46. The zero-order chi connectivity index (χ0) is 15.1. The molecule has 0 spiro atoms. The summed E-state index contributed by atoms with van der Waals surface area (Å²) in [5, 5.41) is 16.7. The third-order valence-electron chi connectivity index (χ3n) is 2.38. The molecule has 0 aliphatic rings. The molecule has 1 amide bonds. The molecular weight excluding hydrogens is 328 g/mol. The Bertz CT molecular complexity index is 584. The van der Waals surface area contributed by atoms with E-state index in [0.29, 0.717) is 13.0 Å². The molecule has 0 fully saturated rings. The molecule has 2 heterocycles. The van der Waals surface area contributed by atoms with Crippen LogP contribution in [0.15, 0.2) is 14.9 Å². The Labute approximate surface area is 135 Å². The van der Waals surface area contributed by atoms with Gasteiger partial charge in [0.2, 0.25) is 11.1 Å². The first-order chi connectivity index (χ1) is 10.2. The molecule has 0 aliphatic heterocycles. The zero-order valence-corrected chi connectivity index (χ0v) is 14.2. The number of rotatable bonds is 8. The summed E-state index contributed by atoms with van der Waals surface area (Å²) < 4.78 is 2.62. The van der Waals surface area contributed by atoms with Gasteiger partial charge in [0.25, 0.3) is 0 Å². The molecule has 0 unspecified atom stereocenters. The van der Waals surface area contributed by atoms with Gasteiger partial charge in [-0.1, -0.05) is 30.4 Å². The summed E-state index contributed by atoms with van der Waals surface area (Å²) in [6.07, 6.45) is 0.330. The second-order valence-corrected chi connectivity index (χ2v) is 7.43. The van der Waals surface area contributed by atoms with Crippen LogP contribution in [0.2, 0.25) is 0 Å². The third kappa shape index (κ3) is 5.29. The minimum absolute atomic E-state index is 0.00922. The molecule has 21 heavy (non-hydrogen) atoms. The smallest absolute Gasteiger partial charge is 0.226 e. The molecule has 1 N–H and O–H groups in total. The second kappa shape index (κ2) is 8.35. The lowest BCUT2D eigenvalue weighted by Crippen LogP contribution is -2.27. The van der Waals surface area contributed by atoms with E-state index >= 15 is 0 Å². The lowest BCUT2D eigenvalue weighted by molar-refractivity contribution is -0.120. The molecule has 0 radical (unpaired) electrons. The van der Waals surface area contributed by atoms with E-state index in [2.05, 4.69) is 32.7 Å². The summed E-state index contributed by atoms with van der Waals surface area (Å²) in [6.45, 7) is 2.67. The van der Waals surface area contributed by atoms with E-state index in [1.165, 1.54) is 11.8 Å². The van der Waals surface area contributed by atoms with Crippen molar-refractivity contribution in [2.24, 2.45) is 7.05 Å². The minimum atomic E-state index is -0.00922. The Balaban J connectivity index is 1.66. The van der Waals surface area contributed by atoms with Crippen LogP contribution in [0.1, 0.15) is 12.6 Å². The number of thiazole rings is 1. The van der Waals surface area contributed by atoms with Crippen LogP contribution < -0.4 is 5.32 Å². The first-order valence-electron chi connectivity index (χ1n) is 6.38. The van der Waals surface area contributed by atoms with Crippen LogP contribution >= 0.6 is 34.9 Å². The maximum atomic E-state index is 11.8. The van der Waals surface area contributed by atoms with Gasteiger partial charge in [-0.05, 0) is 16.2 Å². The highest BCUT2D eigenvalue weighted by molar-refractivity contribution is 8.01. The number of carbonyl (C=O) groups excluding carboxylic acids is 1. The number of amides is 1. The fourth-order valence-corrected chi connectivity index (χ4v) is 3.91. The van der Waals surface area contributed by atoms with Crippen molar-refractivity contribution in [3.8, 4) is 0 Å². The van der Waals surface area contributed by atoms with Gasteiger partial charge >= 0.3 is 0 Å². The van der Waals surface area contributed by atoms with Gasteiger partial charge in [0, 0.05) is 24.7 Å². The van der Waals surface area contributed by atoms with Gasteiger partial charge in [-0.3, -0.25) is 4.79 Å². The molecule has 0 saturated heterocycles. The average Bonchev–Trinajstić information content (AvgIpc) is 3.05. The topological polar surface area (TPSA) is 85.6 Å². The van der Waals surface area contributed by atoms with Crippen molar-refractivity contribution >= 4 is 40.8 Å². The number of aromatic nitrogens is 5. The fourth-order valence-electron chi connectivity index (χ4n) is 1.46. The van der Waals surface area contributed by atoms with E-state index in [1.54, 1.807) is 34.8 Å². The standard InChI is InChI=1S/C11H16N6OS3/c1-3-19-11-13-8(7-21-11)6-9(18)12-4-5-20-10-14-15-16-17(10)2/h7H,3-6H2,1-2H3,(H,12,18). The van der Waals surface area contributed by atoms with Crippen molar-refractivity contribution < 1.29 is 4.79 Å². The highest BCUT2D eigenvalue weighted by atomic mass is 32.2. The number of thioether (sulfide) groups is 2. The molecule has 10 heteroatoms. The zero-order valence-electron chi connectivity index (χ0n) is 11.8. The highest BCUT2D eigenvalue weighted by Gasteiger charge is 2.08. The number of nitrogens with zero attached hydrogens (tertiary/aromatic N) is 5. The summed E-state index contributed by atoms with van der Waals surface area (Å²) in [6, 6.07) is 0. The summed E-state index contributed by atoms with van der Waals surface area (Å²) in [7, 11) is 1.79. The van der Waals surface area contributed by atoms with E-state index in [9.17, 15) is 4.79 Å². The number of carbonyl (C=O) groups is 1. The number of hydrogen-bond donors (Lipinski definition) is 1. The fraction of sp³-hybridized carbons (Fsp3) is 0.545. The van der Waals surface area contributed by atoms with E-state index in [1.807, 2.05) is 5.38 Å². The van der Waals surface area contributed by atoms with Gasteiger partial charge in [0.05, 0.1) is 12.1 Å². The van der Waals surface area contributed by atoms with Crippen LogP contribution in [-0.4, -0.2) is 49.1 Å². The molecule has 7 nitrogen and oxygen atoms in total. The Morgan fingerprint density at radius 2 is 2.33 bits per heavy atom. The molecule has 0 atom stereocenters. The van der Waals surface area contributed by atoms with Crippen molar-refractivity contribution in [3.63, 3.8) is 0 Å². The Morgan fingerprint density at radius 3 is 3.05 bits per heavy atom. The van der Waals surface area contributed by atoms with E-state index in [4.69, 9.17) is 0 Å². The van der Waals surface area contributed by atoms with E-state index in [0.717, 1.165) is 26.7 Å². The summed E-state index contributed by atoms with van der Waals surface area (Å²) in [5.41, 5.74) is 0.832. The van der Waals surface area contributed by atoms with Gasteiger partial charge in [-0.25, -0.2) is 9.67 Å². The monoisotopic (exact) mass is 344 g/mol. The first-order valence-corrected chi connectivity index (χ1v) is 9.23. The summed E-state index contributed by atoms with van der Waals surface area (Å²) >= 11 is 4.79. The van der Waals surface area contributed by atoms with Crippen LogP contribution in [0, 0.1) is 0 Å². The van der Waals surface area contributed by atoms with Crippen LogP contribution in [0.5, 0.6) is 0 Å². The number of nitrogens with one attached hydrogen (secondary N) is 1. The van der Waals surface area contributed by atoms with Crippen LogP contribution in [0.25, 0.3) is 0 Å². The van der Waals surface area contributed by atoms with Gasteiger partial charge < -0.3 is 5.32 Å². The Hall–Kier alpha value is -1.13.